The summed E-state index contributed by atoms with van der Waals surface area (Å²) in [6.07, 6.45) is 0. The van der Waals surface area contributed by atoms with Crippen LogP contribution < -0.4 is 11.1 Å². The van der Waals surface area contributed by atoms with Crippen molar-refractivity contribution in [2.45, 2.75) is 0 Å². The van der Waals surface area contributed by atoms with Gasteiger partial charge in [-0.05, 0) is 18.2 Å². The van der Waals surface area contributed by atoms with Gasteiger partial charge in [0.15, 0.2) is 0 Å². The number of rotatable bonds is 3. The van der Waals surface area contributed by atoms with Crippen LogP contribution in [0.2, 0.25) is 0 Å². The molecule has 0 spiro atoms. The first-order chi connectivity index (χ1) is 8.06. The average molecular weight is 233 g/mol. The smallest absolute Gasteiger partial charge is 0.241 e. The topological polar surface area (TPSA) is 87.0 Å². The predicted molar refractivity (Wildman–Crippen MR) is 67.7 cm³/mol. The lowest BCUT2D eigenvalue weighted by Gasteiger charge is -2.09. The fraction of sp³-hybridized carbons (Fsp3) is 0.273. The molecule has 2 rings (SSSR count). The van der Waals surface area contributed by atoms with Crippen molar-refractivity contribution in [1.29, 1.82) is 0 Å². The van der Waals surface area contributed by atoms with Crippen LogP contribution in [0.25, 0.3) is 11.0 Å². The zero-order valence-corrected chi connectivity index (χ0v) is 9.82. The second-order valence-corrected chi connectivity index (χ2v) is 4.00. The van der Waals surface area contributed by atoms with Crippen molar-refractivity contribution >= 4 is 28.6 Å². The summed E-state index contributed by atoms with van der Waals surface area (Å²) in [6, 6.07) is 5.43. The lowest BCUT2D eigenvalue weighted by Crippen LogP contribution is -2.28. The van der Waals surface area contributed by atoms with Gasteiger partial charge in [0, 0.05) is 19.8 Å². The number of nitrogens with one attached hydrogen (secondary N) is 2. The summed E-state index contributed by atoms with van der Waals surface area (Å²) in [5.74, 6) is 0.561. The molecular weight excluding hydrogens is 218 g/mol. The highest BCUT2D eigenvalue weighted by Gasteiger charge is 2.06. The summed E-state index contributed by atoms with van der Waals surface area (Å²) in [5.41, 5.74) is 8.01. The monoisotopic (exact) mass is 233 g/mol. The first-order valence-electron chi connectivity index (χ1n) is 5.25. The molecule has 4 N–H and O–H groups in total. The minimum absolute atomic E-state index is 0.00929. The molecule has 0 fully saturated rings. The number of H-pyrrole nitrogens is 1. The van der Waals surface area contributed by atoms with Gasteiger partial charge in [-0.3, -0.25) is 4.79 Å². The molecule has 6 nitrogen and oxygen atoms in total. The Hall–Kier alpha value is -2.24. The Labute approximate surface area is 98.8 Å². The summed E-state index contributed by atoms with van der Waals surface area (Å²) in [6.45, 7) is 0.211. The van der Waals surface area contributed by atoms with Crippen molar-refractivity contribution < 1.29 is 4.79 Å². The fourth-order valence-electron chi connectivity index (χ4n) is 1.43. The molecule has 0 radical (unpaired) electrons. The SMILES string of the molecule is CN(C)C(=O)CNc1nc2ccc(N)cc2[nH]1. The molecule has 0 unspecified atom stereocenters. The third kappa shape index (κ3) is 2.47. The molecule has 0 bridgehead atoms. The maximum atomic E-state index is 11.4. The largest absolute Gasteiger partial charge is 0.399 e. The van der Waals surface area contributed by atoms with Gasteiger partial charge in [0.1, 0.15) is 0 Å². The highest BCUT2D eigenvalue weighted by molar-refractivity contribution is 5.83. The van der Waals surface area contributed by atoms with Gasteiger partial charge >= 0.3 is 0 Å². The Morgan fingerprint density at radius 3 is 3.00 bits per heavy atom. The van der Waals surface area contributed by atoms with Crippen LogP contribution in [0, 0.1) is 0 Å². The number of fused-ring (bicyclic) bond motifs is 1. The summed E-state index contributed by atoms with van der Waals surface area (Å²) in [4.78, 5) is 20.3. The normalized spacial score (nSPS) is 10.5. The number of carbonyl (C=O) groups excluding carboxylic acids is 1. The van der Waals surface area contributed by atoms with E-state index in [4.69, 9.17) is 5.73 Å². The van der Waals surface area contributed by atoms with E-state index in [0.717, 1.165) is 11.0 Å². The lowest BCUT2D eigenvalue weighted by atomic mass is 10.3. The summed E-state index contributed by atoms with van der Waals surface area (Å²) >= 11 is 0. The molecule has 2 aromatic rings. The van der Waals surface area contributed by atoms with E-state index in [-0.39, 0.29) is 12.5 Å². The number of hydrogen-bond acceptors (Lipinski definition) is 4. The van der Waals surface area contributed by atoms with Crippen molar-refractivity contribution in [1.82, 2.24) is 14.9 Å². The van der Waals surface area contributed by atoms with Crippen LogP contribution in [-0.4, -0.2) is 41.4 Å². The van der Waals surface area contributed by atoms with E-state index in [1.165, 1.54) is 4.90 Å². The van der Waals surface area contributed by atoms with Crippen molar-refractivity contribution in [2.75, 3.05) is 31.7 Å². The molecule has 0 atom stereocenters. The number of imidazole rings is 1. The molecule has 90 valence electrons. The second-order valence-electron chi connectivity index (χ2n) is 4.00. The zero-order chi connectivity index (χ0) is 12.4. The molecule has 0 saturated carbocycles. The van der Waals surface area contributed by atoms with Gasteiger partial charge in [-0.25, -0.2) is 4.98 Å². The van der Waals surface area contributed by atoms with E-state index in [0.29, 0.717) is 11.6 Å². The van der Waals surface area contributed by atoms with Gasteiger partial charge in [0.2, 0.25) is 11.9 Å². The number of aromatic nitrogens is 2. The summed E-state index contributed by atoms with van der Waals surface area (Å²) < 4.78 is 0. The van der Waals surface area contributed by atoms with E-state index in [1.54, 1.807) is 26.2 Å². The van der Waals surface area contributed by atoms with Gasteiger partial charge in [0.25, 0.3) is 0 Å². The van der Waals surface area contributed by atoms with E-state index in [1.807, 2.05) is 6.07 Å². The number of anilines is 2. The Balaban J connectivity index is 2.12. The molecule has 1 heterocycles. The van der Waals surface area contributed by atoms with E-state index < -0.39 is 0 Å². The number of carbonyl (C=O) groups is 1. The number of nitrogens with zero attached hydrogens (tertiary/aromatic N) is 2. The Kier molecular flexibility index (Phi) is 2.86. The maximum absolute atomic E-state index is 11.4. The van der Waals surface area contributed by atoms with Crippen LogP contribution in [-0.2, 0) is 4.79 Å². The van der Waals surface area contributed by atoms with Crippen molar-refractivity contribution in [2.24, 2.45) is 0 Å². The molecule has 1 amide bonds. The van der Waals surface area contributed by atoms with Gasteiger partial charge in [-0.2, -0.15) is 0 Å². The number of likely N-dealkylation sites (N-methyl/N-ethyl adjacent to an activating group) is 1. The minimum Gasteiger partial charge on any atom is -0.399 e. The standard InChI is InChI=1S/C11H15N5O/c1-16(2)10(17)6-13-11-14-8-4-3-7(12)5-9(8)15-11/h3-5H,6,12H2,1-2H3,(H2,13,14,15). The number of nitrogen functional groups attached to an aromatic ring is 1. The van der Waals surface area contributed by atoms with E-state index >= 15 is 0 Å². The molecule has 6 heteroatoms. The van der Waals surface area contributed by atoms with E-state index in [2.05, 4.69) is 15.3 Å². The van der Waals surface area contributed by atoms with Crippen molar-refractivity contribution in [3.8, 4) is 0 Å². The van der Waals surface area contributed by atoms with Gasteiger partial charge in [0.05, 0.1) is 17.6 Å². The number of aromatic amines is 1. The van der Waals surface area contributed by atoms with Crippen LogP contribution in [0.15, 0.2) is 18.2 Å². The van der Waals surface area contributed by atoms with Crippen LogP contribution in [0.5, 0.6) is 0 Å². The molecule has 1 aromatic heterocycles. The summed E-state index contributed by atoms with van der Waals surface area (Å²) in [7, 11) is 3.42. The highest BCUT2D eigenvalue weighted by Crippen LogP contribution is 2.16. The van der Waals surface area contributed by atoms with Gasteiger partial charge in [-0.1, -0.05) is 0 Å². The Morgan fingerprint density at radius 1 is 1.53 bits per heavy atom. The average Bonchev–Trinajstić information content (AvgIpc) is 2.67. The van der Waals surface area contributed by atoms with Crippen molar-refractivity contribution in [3.05, 3.63) is 18.2 Å². The maximum Gasteiger partial charge on any atom is 0.241 e. The molecule has 0 aliphatic heterocycles. The number of hydrogen-bond donors (Lipinski definition) is 3. The number of benzene rings is 1. The Bertz CT molecular complexity index is 546. The highest BCUT2D eigenvalue weighted by atomic mass is 16.2. The molecule has 0 aliphatic carbocycles. The number of nitrogens with two attached hydrogens (primary N) is 1. The van der Waals surface area contributed by atoms with Crippen molar-refractivity contribution in [3.63, 3.8) is 0 Å². The molecule has 0 aliphatic rings. The third-order valence-electron chi connectivity index (χ3n) is 2.41. The first kappa shape index (κ1) is 11.3. The van der Waals surface area contributed by atoms with Crippen LogP contribution in [0.4, 0.5) is 11.6 Å². The summed E-state index contributed by atoms with van der Waals surface area (Å²) in [5, 5.41) is 2.94. The van der Waals surface area contributed by atoms with Crippen LogP contribution >= 0.6 is 0 Å². The predicted octanol–water partition coefficient (Wildman–Crippen LogP) is 0.645. The Morgan fingerprint density at radius 2 is 2.29 bits per heavy atom. The molecule has 0 saturated heterocycles. The van der Waals surface area contributed by atoms with Crippen LogP contribution in [0.3, 0.4) is 0 Å². The van der Waals surface area contributed by atoms with Gasteiger partial charge < -0.3 is 20.9 Å². The molecular formula is C11H15N5O. The number of amides is 1. The quantitative estimate of drug-likeness (QED) is 0.679. The molecule has 1 aromatic carbocycles. The second kappa shape index (κ2) is 4.32. The minimum atomic E-state index is -0.00929. The zero-order valence-electron chi connectivity index (χ0n) is 9.82. The lowest BCUT2D eigenvalue weighted by molar-refractivity contribution is -0.126. The van der Waals surface area contributed by atoms with E-state index in [9.17, 15) is 4.79 Å². The fourth-order valence-corrected chi connectivity index (χ4v) is 1.43. The third-order valence-corrected chi connectivity index (χ3v) is 2.41. The first-order valence-corrected chi connectivity index (χ1v) is 5.25. The van der Waals surface area contributed by atoms with Crippen LogP contribution in [0.1, 0.15) is 0 Å². The molecule has 17 heavy (non-hydrogen) atoms. The van der Waals surface area contributed by atoms with Gasteiger partial charge in [-0.15, -0.1) is 0 Å².